The monoisotopic (exact) mass is 278 g/mol. The van der Waals surface area contributed by atoms with Gasteiger partial charge in [-0.1, -0.05) is 18.2 Å². The molecule has 0 aliphatic carbocycles. The number of anilines is 1. The molecule has 0 spiro atoms. The number of hydrogen-bond donors (Lipinski definition) is 4. The van der Waals surface area contributed by atoms with E-state index >= 15 is 0 Å². The SMILES string of the molecule is CNCCCNC(=O)C(C)NC(=O)Nc1ccccc1. The first-order chi connectivity index (χ1) is 9.63. The molecular weight excluding hydrogens is 256 g/mol. The highest BCUT2D eigenvalue weighted by molar-refractivity contribution is 5.93. The van der Waals surface area contributed by atoms with Gasteiger partial charge in [0.1, 0.15) is 6.04 Å². The van der Waals surface area contributed by atoms with Crippen LogP contribution in [0.25, 0.3) is 0 Å². The molecule has 0 heterocycles. The van der Waals surface area contributed by atoms with E-state index in [2.05, 4.69) is 21.3 Å². The quantitative estimate of drug-likeness (QED) is 0.560. The van der Waals surface area contributed by atoms with E-state index < -0.39 is 12.1 Å². The predicted molar refractivity (Wildman–Crippen MR) is 79.6 cm³/mol. The summed E-state index contributed by atoms with van der Waals surface area (Å²) in [5, 5.41) is 11.0. The van der Waals surface area contributed by atoms with Crippen LogP contribution in [0.15, 0.2) is 30.3 Å². The van der Waals surface area contributed by atoms with Crippen molar-refractivity contribution in [2.24, 2.45) is 0 Å². The van der Waals surface area contributed by atoms with Gasteiger partial charge in [0, 0.05) is 12.2 Å². The fourth-order valence-corrected chi connectivity index (χ4v) is 1.58. The van der Waals surface area contributed by atoms with Crippen LogP contribution in [0, 0.1) is 0 Å². The number of carbonyl (C=O) groups is 2. The molecule has 20 heavy (non-hydrogen) atoms. The summed E-state index contributed by atoms with van der Waals surface area (Å²) in [6, 6.07) is 8.11. The lowest BCUT2D eigenvalue weighted by Crippen LogP contribution is -2.46. The number of nitrogens with one attached hydrogen (secondary N) is 4. The Labute approximate surface area is 119 Å². The van der Waals surface area contributed by atoms with Gasteiger partial charge >= 0.3 is 6.03 Å². The number of urea groups is 1. The van der Waals surface area contributed by atoms with E-state index in [1.54, 1.807) is 19.1 Å². The molecule has 0 aliphatic rings. The van der Waals surface area contributed by atoms with Gasteiger partial charge in [-0.05, 0) is 39.1 Å². The Bertz CT molecular complexity index is 422. The molecule has 0 bridgehead atoms. The van der Waals surface area contributed by atoms with Gasteiger partial charge < -0.3 is 21.3 Å². The van der Waals surface area contributed by atoms with Crippen molar-refractivity contribution in [2.75, 3.05) is 25.5 Å². The number of amides is 3. The predicted octanol–water partition coefficient (Wildman–Crippen LogP) is 0.922. The van der Waals surface area contributed by atoms with Crippen LogP contribution in [0.1, 0.15) is 13.3 Å². The molecule has 0 saturated heterocycles. The van der Waals surface area contributed by atoms with Crippen LogP contribution in [-0.4, -0.2) is 38.1 Å². The molecule has 4 N–H and O–H groups in total. The molecule has 0 fully saturated rings. The van der Waals surface area contributed by atoms with Crippen LogP contribution in [0.3, 0.4) is 0 Å². The number of benzene rings is 1. The number of rotatable bonds is 7. The zero-order valence-electron chi connectivity index (χ0n) is 11.9. The first kappa shape index (κ1) is 16.0. The lowest BCUT2D eigenvalue weighted by Gasteiger charge is -2.14. The normalized spacial score (nSPS) is 11.5. The van der Waals surface area contributed by atoms with E-state index in [4.69, 9.17) is 0 Å². The standard InChI is InChI=1S/C14H22N4O2/c1-11(13(19)16-10-6-9-15-2)17-14(20)18-12-7-4-3-5-8-12/h3-5,7-8,11,15H,6,9-10H2,1-2H3,(H,16,19)(H2,17,18,20). The molecule has 6 heteroatoms. The van der Waals surface area contributed by atoms with Gasteiger partial charge in [0.15, 0.2) is 0 Å². The number of carbonyl (C=O) groups excluding carboxylic acids is 2. The van der Waals surface area contributed by atoms with Gasteiger partial charge in [0.2, 0.25) is 5.91 Å². The molecule has 1 unspecified atom stereocenters. The second-order valence-corrected chi connectivity index (χ2v) is 4.43. The van der Waals surface area contributed by atoms with Crippen LogP contribution < -0.4 is 21.3 Å². The number of hydrogen-bond acceptors (Lipinski definition) is 3. The van der Waals surface area contributed by atoms with Gasteiger partial charge in [-0.25, -0.2) is 4.79 Å². The Morgan fingerprint density at radius 1 is 1.15 bits per heavy atom. The first-order valence-corrected chi connectivity index (χ1v) is 6.68. The van der Waals surface area contributed by atoms with Gasteiger partial charge in [0.05, 0.1) is 0 Å². The molecule has 0 saturated carbocycles. The van der Waals surface area contributed by atoms with Crippen LogP contribution in [0.5, 0.6) is 0 Å². The summed E-state index contributed by atoms with van der Waals surface area (Å²) in [7, 11) is 1.86. The fourth-order valence-electron chi connectivity index (χ4n) is 1.58. The maximum absolute atomic E-state index is 11.7. The average Bonchev–Trinajstić information content (AvgIpc) is 2.44. The highest BCUT2D eigenvalue weighted by Gasteiger charge is 2.14. The van der Waals surface area contributed by atoms with Crippen LogP contribution >= 0.6 is 0 Å². The number of para-hydroxylation sites is 1. The Morgan fingerprint density at radius 2 is 1.85 bits per heavy atom. The lowest BCUT2D eigenvalue weighted by atomic mass is 10.3. The maximum atomic E-state index is 11.7. The van der Waals surface area contributed by atoms with Crippen molar-refractivity contribution in [3.05, 3.63) is 30.3 Å². The fraction of sp³-hybridized carbons (Fsp3) is 0.429. The first-order valence-electron chi connectivity index (χ1n) is 6.68. The minimum absolute atomic E-state index is 0.190. The van der Waals surface area contributed by atoms with Crippen LogP contribution in [0.2, 0.25) is 0 Å². The van der Waals surface area contributed by atoms with Gasteiger partial charge in [-0.15, -0.1) is 0 Å². The topological polar surface area (TPSA) is 82.3 Å². The van der Waals surface area contributed by atoms with Gasteiger partial charge in [0.25, 0.3) is 0 Å². The second kappa shape index (κ2) is 8.92. The van der Waals surface area contributed by atoms with Crippen molar-refractivity contribution >= 4 is 17.6 Å². The molecule has 3 amide bonds. The summed E-state index contributed by atoms with van der Waals surface area (Å²) >= 11 is 0. The zero-order chi connectivity index (χ0) is 14.8. The van der Waals surface area contributed by atoms with Crippen molar-refractivity contribution in [1.29, 1.82) is 0 Å². The minimum atomic E-state index is -0.576. The zero-order valence-corrected chi connectivity index (χ0v) is 11.9. The molecule has 110 valence electrons. The van der Waals surface area contributed by atoms with Crippen molar-refractivity contribution in [2.45, 2.75) is 19.4 Å². The third-order valence-corrected chi connectivity index (χ3v) is 2.68. The average molecular weight is 278 g/mol. The molecule has 6 nitrogen and oxygen atoms in total. The van der Waals surface area contributed by atoms with Crippen LogP contribution in [0.4, 0.5) is 10.5 Å². The summed E-state index contributed by atoms with van der Waals surface area (Å²) in [5.41, 5.74) is 0.687. The van der Waals surface area contributed by atoms with E-state index in [1.807, 2.05) is 25.2 Å². The van der Waals surface area contributed by atoms with Gasteiger partial charge in [-0.2, -0.15) is 0 Å². The third-order valence-electron chi connectivity index (χ3n) is 2.68. The lowest BCUT2D eigenvalue weighted by molar-refractivity contribution is -0.122. The summed E-state index contributed by atoms with van der Waals surface area (Å²) < 4.78 is 0. The van der Waals surface area contributed by atoms with Crippen LogP contribution in [-0.2, 0) is 4.79 Å². The van der Waals surface area contributed by atoms with E-state index in [0.717, 1.165) is 13.0 Å². The summed E-state index contributed by atoms with van der Waals surface area (Å²) in [6.45, 7) is 3.08. The van der Waals surface area contributed by atoms with Crippen molar-refractivity contribution in [1.82, 2.24) is 16.0 Å². The van der Waals surface area contributed by atoms with Gasteiger partial charge in [-0.3, -0.25) is 4.79 Å². The molecule has 1 aromatic rings. The Morgan fingerprint density at radius 3 is 2.50 bits per heavy atom. The van der Waals surface area contributed by atoms with E-state index in [-0.39, 0.29) is 5.91 Å². The molecule has 0 aromatic heterocycles. The molecule has 0 aliphatic heterocycles. The summed E-state index contributed by atoms with van der Waals surface area (Å²) in [4.78, 5) is 23.4. The van der Waals surface area contributed by atoms with Crippen molar-refractivity contribution < 1.29 is 9.59 Å². The summed E-state index contributed by atoms with van der Waals surface area (Å²) in [6.07, 6.45) is 0.852. The smallest absolute Gasteiger partial charge is 0.319 e. The summed E-state index contributed by atoms with van der Waals surface area (Å²) in [5.74, 6) is -0.190. The molecule has 1 aromatic carbocycles. The molecule has 1 rings (SSSR count). The third kappa shape index (κ3) is 6.19. The maximum Gasteiger partial charge on any atom is 0.319 e. The van der Waals surface area contributed by atoms with E-state index in [9.17, 15) is 9.59 Å². The highest BCUT2D eigenvalue weighted by Crippen LogP contribution is 2.04. The Balaban J connectivity index is 2.28. The van der Waals surface area contributed by atoms with E-state index in [0.29, 0.717) is 12.2 Å². The Kier molecular flexibility index (Phi) is 7.13. The second-order valence-electron chi connectivity index (χ2n) is 4.43. The largest absolute Gasteiger partial charge is 0.354 e. The molecular formula is C14H22N4O2. The molecule has 0 radical (unpaired) electrons. The Hall–Kier alpha value is -2.08. The minimum Gasteiger partial charge on any atom is -0.354 e. The highest BCUT2D eigenvalue weighted by atomic mass is 16.2. The molecule has 1 atom stereocenters. The van der Waals surface area contributed by atoms with Crippen molar-refractivity contribution in [3.8, 4) is 0 Å². The van der Waals surface area contributed by atoms with E-state index in [1.165, 1.54) is 0 Å². The van der Waals surface area contributed by atoms with Crippen molar-refractivity contribution in [3.63, 3.8) is 0 Å².